The number of nitrogens with one attached hydrogen (secondary N) is 1. The summed E-state index contributed by atoms with van der Waals surface area (Å²) >= 11 is 3.56. The van der Waals surface area contributed by atoms with Crippen LogP contribution >= 0.6 is 22.7 Å². The molecule has 2 nitrogen and oxygen atoms in total. The van der Waals surface area contributed by atoms with Crippen molar-refractivity contribution in [2.24, 2.45) is 0 Å². The predicted molar refractivity (Wildman–Crippen MR) is 76.9 cm³/mol. The molecule has 2 rings (SSSR count). The average Bonchev–Trinajstić information content (AvgIpc) is 2.82. The van der Waals surface area contributed by atoms with Crippen LogP contribution in [0.15, 0.2) is 17.5 Å². The zero-order chi connectivity index (χ0) is 12.5. The minimum absolute atomic E-state index is 0.109. The Morgan fingerprint density at radius 2 is 2.12 bits per heavy atom. The fourth-order valence-corrected chi connectivity index (χ4v) is 3.80. The molecule has 0 spiro atoms. The van der Waals surface area contributed by atoms with Gasteiger partial charge in [0.1, 0.15) is 5.01 Å². The number of rotatable bonds is 3. The van der Waals surface area contributed by atoms with E-state index >= 15 is 0 Å². The van der Waals surface area contributed by atoms with Crippen molar-refractivity contribution in [3.63, 3.8) is 0 Å². The molecule has 0 aliphatic heterocycles. The Bertz CT molecular complexity index is 478. The topological polar surface area (TPSA) is 24.9 Å². The molecule has 0 saturated carbocycles. The SMILES string of the molecule is CNCc1sc(-c2cccs2)nc1C(C)(C)C. The Morgan fingerprint density at radius 3 is 2.65 bits per heavy atom. The summed E-state index contributed by atoms with van der Waals surface area (Å²) in [5.41, 5.74) is 1.33. The highest BCUT2D eigenvalue weighted by Crippen LogP contribution is 2.35. The van der Waals surface area contributed by atoms with Crippen LogP contribution in [-0.4, -0.2) is 12.0 Å². The van der Waals surface area contributed by atoms with Gasteiger partial charge >= 0.3 is 0 Å². The van der Waals surface area contributed by atoms with Crippen LogP contribution in [0.4, 0.5) is 0 Å². The van der Waals surface area contributed by atoms with E-state index in [9.17, 15) is 0 Å². The molecule has 0 unspecified atom stereocenters. The van der Waals surface area contributed by atoms with Gasteiger partial charge in [-0.25, -0.2) is 4.98 Å². The van der Waals surface area contributed by atoms with Gasteiger partial charge in [0.25, 0.3) is 0 Å². The number of hydrogen-bond acceptors (Lipinski definition) is 4. The van der Waals surface area contributed by atoms with Crippen molar-refractivity contribution in [3.05, 3.63) is 28.1 Å². The first-order valence-corrected chi connectivity index (χ1v) is 7.40. The summed E-state index contributed by atoms with van der Waals surface area (Å²) in [5, 5.41) is 6.48. The van der Waals surface area contributed by atoms with Crippen molar-refractivity contribution < 1.29 is 0 Å². The number of nitrogens with zero attached hydrogens (tertiary/aromatic N) is 1. The van der Waals surface area contributed by atoms with Gasteiger partial charge in [-0.15, -0.1) is 22.7 Å². The second kappa shape index (κ2) is 4.88. The van der Waals surface area contributed by atoms with Gasteiger partial charge in [0.2, 0.25) is 0 Å². The van der Waals surface area contributed by atoms with Crippen molar-refractivity contribution in [3.8, 4) is 9.88 Å². The van der Waals surface area contributed by atoms with E-state index in [2.05, 4.69) is 43.6 Å². The molecule has 0 amide bonds. The lowest BCUT2D eigenvalue weighted by molar-refractivity contribution is 0.564. The molecule has 0 aromatic carbocycles. The number of hydrogen-bond donors (Lipinski definition) is 1. The molecule has 2 heterocycles. The standard InChI is InChI=1S/C13H18N2S2/c1-13(2,3)11-10(8-14-4)17-12(15-11)9-6-5-7-16-9/h5-7,14H,8H2,1-4H3. The zero-order valence-corrected chi connectivity index (χ0v) is 12.3. The van der Waals surface area contributed by atoms with Gasteiger partial charge in [-0.3, -0.25) is 0 Å². The van der Waals surface area contributed by atoms with Crippen LogP contribution < -0.4 is 5.32 Å². The van der Waals surface area contributed by atoms with Crippen molar-refractivity contribution >= 4 is 22.7 Å². The summed E-state index contributed by atoms with van der Waals surface area (Å²) in [6.07, 6.45) is 0. The van der Waals surface area contributed by atoms with Crippen LogP contribution in [0.2, 0.25) is 0 Å². The quantitative estimate of drug-likeness (QED) is 0.911. The van der Waals surface area contributed by atoms with E-state index in [1.807, 2.05) is 7.05 Å². The Kier molecular flexibility index (Phi) is 3.66. The molecule has 17 heavy (non-hydrogen) atoms. The molecule has 0 saturated heterocycles. The highest BCUT2D eigenvalue weighted by molar-refractivity contribution is 7.21. The first kappa shape index (κ1) is 12.7. The molecular weight excluding hydrogens is 248 g/mol. The summed E-state index contributed by atoms with van der Waals surface area (Å²) < 4.78 is 0. The fraction of sp³-hybridized carbons (Fsp3) is 0.462. The van der Waals surface area contributed by atoms with E-state index in [4.69, 9.17) is 4.98 Å². The Labute approximate surface area is 111 Å². The summed E-state index contributed by atoms with van der Waals surface area (Å²) in [5.74, 6) is 0. The molecule has 92 valence electrons. The molecule has 0 aliphatic carbocycles. The molecule has 4 heteroatoms. The third-order valence-corrected chi connectivity index (χ3v) is 4.57. The Morgan fingerprint density at radius 1 is 1.35 bits per heavy atom. The molecule has 2 aromatic rings. The lowest BCUT2D eigenvalue weighted by Gasteiger charge is -2.17. The molecule has 2 aromatic heterocycles. The van der Waals surface area contributed by atoms with E-state index in [1.165, 1.54) is 15.4 Å². The summed E-state index contributed by atoms with van der Waals surface area (Å²) in [6, 6.07) is 4.22. The maximum Gasteiger partial charge on any atom is 0.133 e. The summed E-state index contributed by atoms with van der Waals surface area (Å²) in [6.45, 7) is 7.56. The van der Waals surface area contributed by atoms with E-state index in [0.717, 1.165) is 11.6 Å². The van der Waals surface area contributed by atoms with Crippen molar-refractivity contribution in [2.75, 3.05) is 7.05 Å². The van der Waals surface area contributed by atoms with Crippen LogP contribution in [0.1, 0.15) is 31.3 Å². The second-order valence-electron chi connectivity index (χ2n) is 5.05. The predicted octanol–water partition coefficient (Wildman–Crippen LogP) is 3.89. The lowest BCUT2D eigenvalue weighted by Crippen LogP contribution is -2.16. The minimum atomic E-state index is 0.109. The highest BCUT2D eigenvalue weighted by Gasteiger charge is 2.23. The minimum Gasteiger partial charge on any atom is -0.315 e. The van der Waals surface area contributed by atoms with E-state index in [-0.39, 0.29) is 5.41 Å². The van der Waals surface area contributed by atoms with E-state index in [1.54, 1.807) is 22.7 Å². The van der Waals surface area contributed by atoms with Gasteiger partial charge < -0.3 is 5.32 Å². The number of thiophene rings is 1. The van der Waals surface area contributed by atoms with Crippen LogP contribution in [0.3, 0.4) is 0 Å². The maximum atomic E-state index is 4.83. The van der Waals surface area contributed by atoms with Crippen molar-refractivity contribution in [1.29, 1.82) is 0 Å². The van der Waals surface area contributed by atoms with Crippen LogP contribution in [0, 0.1) is 0 Å². The van der Waals surface area contributed by atoms with Gasteiger partial charge in [0, 0.05) is 16.8 Å². The average molecular weight is 266 g/mol. The third-order valence-electron chi connectivity index (χ3n) is 2.48. The van der Waals surface area contributed by atoms with E-state index in [0.29, 0.717) is 0 Å². The summed E-state index contributed by atoms with van der Waals surface area (Å²) in [4.78, 5) is 7.45. The molecule has 0 atom stereocenters. The fourth-order valence-electron chi connectivity index (χ4n) is 1.72. The smallest absolute Gasteiger partial charge is 0.133 e. The molecule has 0 fully saturated rings. The van der Waals surface area contributed by atoms with Gasteiger partial charge in [-0.05, 0) is 18.5 Å². The highest BCUT2D eigenvalue weighted by atomic mass is 32.1. The monoisotopic (exact) mass is 266 g/mol. The molecule has 0 radical (unpaired) electrons. The molecule has 0 bridgehead atoms. The number of thiazole rings is 1. The summed E-state index contributed by atoms with van der Waals surface area (Å²) in [7, 11) is 1.98. The van der Waals surface area contributed by atoms with Crippen molar-refractivity contribution in [2.45, 2.75) is 32.7 Å². The molecular formula is C13H18N2S2. The van der Waals surface area contributed by atoms with Crippen LogP contribution in [0.25, 0.3) is 9.88 Å². The maximum absolute atomic E-state index is 4.83. The van der Waals surface area contributed by atoms with Crippen LogP contribution in [-0.2, 0) is 12.0 Å². The first-order valence-electron chi connectivity index (χ1n) is 5.71. The van der Waals surface area contributed by atoms with Crippen molar-refractivity contribution in [1.82, 2.24) is 10.3 Å². The Balaban J connectivity index is 2.45. The van der Waals surface area contributed by atoms with Crippen LogP contribution in [0.5, 0.6) is 0 Å². The first-order chi connectivity index (χ1) is 8.02. The van der Waals surface area contributed by atoms with Gasteiger partial charge in [-0.1, -0.05) is 26.8 Å². The number of aromatic nitrogens is 1. The Hall–Kier alpha value is -0.710. The van der Waals surface area contributed by atoms with Gasteiger partial charge in [0.05, 0.1) is 10.6 Å². The van der Waals surface area contributed by atoms with E-state index < -0.39 is 0 Å². The molecule has 0 aliphatic rings. The largest absolute Gasteiger partial charge is 0.315 e. The third kappa shape index (κ3) is 2.76. The lowest BCUT2D eigenvalue weighted by atomic mass is 9.91. The normalized spacial score (nSPS) is 12.0. The molecule has 1 N–H and O–H groups in total. The van der Waals surface area contributed by atoms with Gasteiger partial charge in [-0.2, -0.15) is 0 Å². The second-order valence-corrected chi connectivity index (χ2v) is 7.08. The zero-order valence-electron chi connectivity index (χ0n) is 10.7. The van der Waals surface area contributed by atoms with Gasteiger partial charge in [0.15, 0.2) is 0 Å².